The molecule has 4 rings (SSSR count). The van der Waals surface area contributed by atoms with Crippen molar-refractivity contribution in [3.8, 4) is 0 Å². The van der Waals surface area contributed by atoms with Crippen LogP contribution in [0.5, 0.6) is 0 Å². The van der Waals surface area contributed by atoms with E-state index in [1.54, 1.807) is 0 Å². The second kappa shape index (κ2) is 9.67. The first-order valence-electron chi connectivity index (χ1n) is 12.1. The number of hydrogen-bond donors (Lipinski definition) is 4. The summed E-state index contributed by atoms with van der Waals surface area (Å²) in [6.45, 7) is 3.36. The van der Waals surface area contributed by atoms with Crippen LogP contribution in [0.25, 0.3) is 0 Å². The number of likely N-dealkylation sites (tertiary alicyclic amines) is 1. The van der Waals surface area contributed by atoms with Gasteiger partial charge in [-0.3, -0.25) is 4.79 Å². The Balaban J connectivity index is 1.24. The van der Waals surface area contributed by atoms with Crippen LogP contribution in [0.2, 0.25) is 5.82 Å². The van der Waals surface area contributed by atoms with E-state index in [2.05, 4.69) is 10.2 Å². The van der Waals surface area contributed by atoms with Gasteiger partial charge in [-0.25, -0.2) is 0 Å². The van der Waals surface area contributed by atoms with Gasteiger partial charge in [-0.2, -0.15) is 0 Å². The molecule has 164 valence electrons. The van der Waals surface area contributed by atoms with E-state index in [9.17, 15) is 14.8 Å². The number of piperidine rings is 2. The topological polar surface area (TPSA) is 98.8 Å². The molecule has 5 N–H and O–H groups in total. The third-order valence-corrected chi connectivity index (χ3v) is 8.69. The molecule has 1 amide bonds. The van der Waals surface area contributed by atoms with Gasteiger partial charge in [0.25, 0.3) is 0 Å². The van der Waals surface area contributed by atoms with Crippen molar-refractivity contribution in [2.75, 3.05) is 26.2 Å². The zero-order chi connectivity index (χ0) is 20.4. The van der Waals surface area contributed by atoms with E-state index >= 15 is 0 Å². The smallest absolute Gasteiger partial charge is 0.427 e. The number of amides is 1. The molecular formula is C22H40BN3O3. The van der Waals surface area contributed by atoms with Crippen LogP contribution < -0.4 is 11.1 Å². The average Bonchev–Trinajstić information content (AvgIpc) is 2.78. The third kappa shape index (κ3) is 5.00. The monoisotopic (exact) mass is 405 g/mol. The van der Waals surface area contributed by atoms with Gasteiger partial charge in [0, 0.05) is 30.9 Å². The minimum absolute atomic E-state index is 0.0683. The van der Waals surface area contributed by atoms with Gasteiger partial charge in [-0.05, 0) is 88.1 Å². The lowest BCUT2D eigenvalue weighted by atomic mass is 9.62. The largest absolute Gasteiger partial charge is 0.456 e. The standard InChI is InChI=1S/C22H40BN3O3/c24-13-15-2-1-3-17(10-15)16-6-8-26(9-7-16)22(27)19-5-4-18-11-20(23(28)29)14-25-21(18)12-19/h15-21,25,28-29H,1-14,24H2. The molecule has 2 heterocycles. The third-order valence-electron chi connectivity index (χ3n) is 8.69. The zero-order valence-electron chi connectivity index (χ0n) is 17.8. The van der Waals surface area contributed by atoms with Crippen LogP contribution in [0, 0.1) is 29.6 Å². The highest BCUT2D eigenvalue weighted by atomic mass is 16.4. The number of carbonyl (C=O) groups excluding carboxylic acids is 1. The van der Waals surface area contributed by atoms with Crippen molar-refractivity contribution in [3.63, 3.8) is 0 Å². The number of nitrogens with two attached hydrogens (primary N) is 1. The molecule has 6 nitrogen and oxygen atoms in total. The predicted octanol–water partition coefficient (Wildman–Crippen LogP) is 1.61. The van der Waals surface area contributed by atoms with Crippen molar-refractivity contribution in [1.82, 2.24) is 10.2 Å². The van der Waals surface area contributed by atoms with Crippen molar-refractivity contribution >= 4 is 13.0 Å². The van der Waals surface area contributed by atoms with Crippen molar-refractivity contribution in [3.05, 3.63) is 0 Å². The number of nitrogens with one attached hydrogen (secondary N) is 1. The minimum atomic E-state index is -1.23. The maximum atomic E-state index is 13.2. The highest BCUT2D eigenvalue weighted by Gasteiger charge is 2.42. The summed E-state index contributed by atoms with van der Waals surface area (Å²) >= 11 is 0. The number of hydrogen-bond acceptors (Lipinski definition) is 5. The van der Waals surface area contributed by atoms with E-state index in [1.165, 1.54) is 38.5 Å². The Morgan fingerprint density at radius 3 is 2.48 bits per heavy atom. The van der Waals surface area contributed by atoms with Crippen molar-refractivity contribution in [1.29, 1.82) is 0 Å². The molecule has 0 radical (unpaired) electrons. The second-order valence-electron chi connectivity index (χ2n) is 10.4. The van der Waals surface area contributed by atoms with E-state index in [0.29, 0.717) is 24.4 Å². The lowest BCUT2D eigenvalue weighted by molar-refractivity contribution is -0.139. The average molecular weight is 405 g/mol. The summed E-state index contributed by atoms with van der Waals surface area (Å²) in [6, 6.07) is 0.362. The van der Waals surface area contributed by atoms with Crippen molar-refractivity contribution in [2.45, 2.75) is 76.1 Å². The Morgan fingerprint density at radius 1 is 0.966 bits per heavy atom. The molecule has 7 heteroatoms. The summed E-state index contributed by atoms with van der Waals surface area (Å²) in [5.74, 6) is 3.26. The number of nitrogens with zero attached hydrogens (tertiary/aromatic N) is 1. The molecule has 2 aliphatic heterocycles. The maximum absolute atomic E-state index is 13.2. The van der Waals surface area contributed by atoms with E-state index in [-0.39, 0.29) is 11.7 Å². The van der Waals surface area contributed by atoms with E-state index < -0.39 is 7.12 Å². The van der Waals surface area contributed by atoms with Crippen LogP contribution in [0.3, 0.4) is 0 Å². The molecule has 0 spiro atoms. The number of carbonyl (C=O) groups is 1. The molecule has 2 saturated heterocycles. The molecule has 29 heavy (non-hydrogen) atoms. The molecule has 6 unspecified atom stereocenters. The first-order chi connectivity index (χ1) is 14.0. The number of rotatable bonds is 4. The molecule has 0 bridgehead atoms. The fraction of sp³-hybridized carbons (Fsp3) is 0.955. The second-order valence-corrected chi connectivity index (χ2v) is 10.4. The normalized spacial score (nSPS) is 39.1. The molecule has 0 aromatic heterocycles. The van der Waals surface area contributed by atoms with Gasteiger partial charge in [0.05, 0.1) is 0 Å². The highest BCUT2D eigenvalue weighted by molar-refractivity contribution is 6.43. The maximum Gasteiger partial charge on any atom is 0.456 e. The van der Waals surface area contributed by atoms with E-state index in [0.717, 1.165) is 63.1 Å². The van der Waals surface area contributed by atoms with Gasteiger partial charge in [-0.1, -0.05) is 12.8 Å². The summed E-state index contributed by atoms with van der Waals surface area (Å²) in [5.41, 5.74) is 5.93. The van der Waals surface area contributed by atoms with Gasteiger partial charge >= 0.3 is 7.12 Å². The van der Waals surface area contributed by atoms with Gasteiger partial charge in [0.2, 0.25) is 5.91 Å². The molecule has 4 aliphatic rings. The predicted molar refractivity (Wildman–Crippen MR) is 115 cm³/mol. The van der Waals surface area contributed by atoms with Crippen LogP contribution in [0.4, 0.5) is 0 Å². The van der Waals surface area contributed by atoms with Crippen LogP contribution in [-0.4, -0.2) is 60.2 Å². The molecular weight excluding hydrogens is 365 g/mol. The Bertz CT molecular complexity index is 555. The van der Waals surface area contributed by atoms with Crippen LogP contribution in [0.15, 0.2) is 0 Å². The van der Waals surface area contributed by atoms with Crippen LogP contribution in [0.1, 0.15) is 64.2 Å². The van der Waals surface area contributed by atoms with Crippen LogP contribution >= 0.6 is 0 Å². The fourth-order valence-electron chi connectivity index (χ4n) is 6.82. The van der Waals surface area contributed by atoms with Crippen molar-refractivity contribution < 1.29 is 14.8 Å². The van der Waals surface area contributed by atoms with E-state index in [1.807, 2.05) is 0 Å². The van der Waals surface area contributed by atoms with Gasteiger partial charge in [0.1, 0.15) is 0 Å². The highest BCUT2D eigenvalue weighted by Crippen LogP contribution is 2.40. The lowest BCUT2D eigenvalue weighted by Gasteiger charge is -2.44. The van der Waals surface area contributed by atoms with Crippen molar-refractivity contribution in [2.24, 2.45) is 35.3 Å². The molecule has 6 atom stereocenters. The van der Waals surface area contributed by atoms with Crippen LogP contribution in [-0.2, 0) is 4.79 Å². The number of fused-ring (bicyclic) bond motifs is 1. The van der Waals surface area contributed by atoms with Gasteiger partial charge in [-0.15, -0.1) is 0 Å². The Morgan fingerprint density at radius 2 is 1.76 bits per heavy atom. The van der Waals surface area contributed by atoms with Gasteiger partial charge < -0.3 is 26.0 Å². The summed E-state index contributed by atoms with van der Waals surface area (Å²) < 4.78 is 0. The summed E-state index contributed by atoms with van der Waals surface area (Å²) in [6.07, 6.45) is 11.4. The Labute approximate surface area is 176 Å². The first kappa shape index (κ1) is 21.6. The Hall–Kier alpha value is -0.625. The lowest BCUT2D eigenvalue weighted by Crippen LogP contribution is -2.52. The summed E-state index contributed by atoms with van der Waals surface area (Å²) in [7, 11) is -1.23. The quantitative estimate of drug-likeness (QED) is 0.533. The summed E-state index contributed by atoms with van der Waals surface area (Å²) in [5, 5.41) is 22.4. The molecule has 2 aliphatic carbocycles. The van der Waals surface area contributed by atoms with Gasteiger partial charge in [0.15, 0.2) is 0 Å². The molecule has 4 fully saturated rings. The van der Waals surface area contributed by atoms with E-state index in [4.69, 9.17) is 5.73 Å². The summed E-state index contributed by atoms with van der Waals surface area (Å²) in [4.78, 5) is 15.3. The molecule has 0 aromatic carbocycles. The SMILES string of the molecule is NCC1CCCC(C2CCN(C(=O)C3CCC4CC(B(O)O)CNC4C3)CC2)C1. The zero-order valence-corrected chi connectivity index (χ0v) is 17.8. The molecule has 0 aromatic rings. The fourth-order valence-corrected chi connectivity index (χ4v) is 6.82. The minimum Gasteiger partial charge on any atom is -0.427 e. The Kier molecular flexibility index (Phi) is 7.20. The first-order valence-corrected chi connectivity index (χ1v) is 12.1. The molecule has 2 saturated carbocycles.